The lowest BCUT2D eigenvalue weighted by Crippen LogP contribution is -2.35. The van der Waals surface area contributed by atoms with Crippen molar-refractivity contribution in [2.45, 2.75) is 32.9 Å². The smallest absolute Gasteiger partial charge is 0.170 e. The van der Waals surface area contributed by atoms with Gasteiger partial charge in [-0.1, -0.05) is 0 Å². The third-order valence-corrected chi connectivity index (χ3v) is 2.25. The highest BCUT2D eigenvalue weighted by Gasteiger charge is 2.13. The van der Waals surface area contributed by atoms with Crippen molar-refractivity contribution < 1.29 is 0 Å². The van der Waals surface area contributed by atoms with Crippen LogP contribution in [-0.4, -0.2) is 35.5 Å². The lowest BCUT2D eigenvalue weighted by molar-refractivity contribution is 0.415. The van der Waals surface area contributed by atoms with Gasteiger partial charge in [0.2, 0.25) is 0 Å². The van der Waals surface area contributed by atoms with E-state index >= 15 is 0 Å². The van der Waals surface area contributed by atoms with Crippen molar-refractivity contribution in [3.8, 4) is 5.69 Å². The Morgan fingerprint density at radius 3 is 2.71 bits per heavy atom. The van der Waals surface area contributed by atoms with E-state index in [9.17, 15) is 0 Å². The first-order chi connectivity index (χ1) is 7.96. The molecule has 0 atom stereocenters. The zero-order valence-corrected chi connectivity index (χ0v) is 10.5. The molecule has 0 radical (unpaired) electrons. The molecule has 2 aromatic heterocycles. The first-order valence-corrected chi connectivity index (χ1v) is 5.47. The molecular formula is C10H17N7. The van der Waals surface area contributed by atoms with E-state index < -0.39 is 0 Å². The summed E-state index contributed by atoms with van der Waals surface area (Å²) in [5.41, 5.74) is 0.898. The SMILES string of the molecule is Cn1cc(-n2nnnc2CNC(C)(C)C)cn1. The van der Waals surface area contributed by atoms with Gasteiger partial charge in [0.05, 0.1) is 18.9 Å². The topological polar surface area (TPSA) is 73.5 Å². The fraction of sp³-hybridized carbons (Fsp3) is 0.600. The maximum Gasteiger partial charge on any atom is 0.170 e. The minimum Gasteiger partial charge on any atom is -0.305 e. The molecule has 0 aromatic carbocycles. The van der Waals surface area contributed by atoms with E-state index in [1.54, 1.807) is 15.6 Å². The van der Waals surface area contributed by atoms with Crippen molar-refractivity contribution in [1.82, 2.24) is 35.3 Å². The number of hydrogen-bond donors (Lipinski definition) is 1. The Bertz CT molecular complexity index is 491. The monoisotopic (exact) mass is 235 g/mol. The zero-order valence-electron chi connectivity index (χ0n) is 10.5. The lowest BCUT2D eigenvalue weighted by atomic mass is 10.1. The number of rotatable bonds is 3. The molecule has 0 unspecified atom stereocenters. The molecule has 92 valence electrons. The fourth-order valence-corrected chi connectivity index (χ4v) is 1.38. The van der Waals surface area contributed by atoms with Crippen LogP contribution >= 0.6 is 0 Å². The summed E-state index contributed by atoms with van der Waals surface area (Å²) in [5, 5.41) is 19.1. The van der Waals surface area contributed by atoms with Gasteiger partial charge in [0.1, 0.15) is 5.69 Å². The highest BCUT2D eigenvalue weighted by molar-refractivity contribution is 5.24. The first kappa shape index (κ1) is 11.7. The van der Waals surface area contributed by atoms with Crippen LogP contribution in [0.2, 0.25) is 0 Å². The molecule has 7 heteroatoms. The van der Waals surface area contributed by atoms with Gasteiger partial charge in [-0.3, -0.25) is 4.68 Å². The Balaban J connectivity index is 2.17. The molecule has 0 spiro atoms. The molecule has 1 N–H and O–H groups in total. The van der Waals surface area contributed by atoms with Crippen LogP contribution in [0.1, 0.15) is 26.6 Å². The van der Waals surface area contributed by atoms with Gasteiger partial charge in [-0.15, -0.1) is 5.10 Å². The second-order valence-electron chi connectivity index (χ2n) is 4.98. The van der Waals surface area contributed by atoms with Gasteiger partial charge in [-0.2, -0.15) is 9.78 Å². The maximum atomic E-state index is 4.10. The Morgan fingerprint density at radius 2 is 2.12 bits per heavy atom. The van der Waals surface area contributed by atoms with E-state index in [0.717, 1.165) is 11.5 Å². The van der Waals surface area contributed by atoms with Crippen LogP contribution in [0.4, 0.5) is 0 Å². The normalized spacial score (nSPS) is 12.0. The van der Waals surface area contributed by atoms with Gasteiger partial charge in [-0.05, 0) is 31.2 Å². The van der Waals surface area contributed by atoms with Crippen LogP contribution in [0.25, 0.3) is 5.69 Å². The maximum absolute atomic E-state index is 4.10. The van der Waals surface area contributed by atoms with Gasteiger partial charge in [0.15, 0.2) is 5.82 Å². The Labute approximate surface area is 99.8 Å². The second-order valence-corrected chi connectivity index (χ2v) is 4.98. The van der Waals surface area contributed by atoms with Crippen molar-refractivity contribution in [3.63, 3.8) is 0 Å². The number of aromatic nitrogens is 6. The summed E-state index contributed by atoms with van der Waals surface area (Å²) in [6, 6.07) is 0. The molecule has 2 heterocycles. The zero-order chi connectivity index (χ0) is 12.5. The summed E-state index contributed by atoms with van der Waals surface area (Å²) < 4.78 is 3.41. The molecule has 0 bridgehead atoms. The predicted molar refractivity (Wildman–Crippen MR) is 62.5 cm³/mol. The fourth-order valence-electron chi connectivity index (χ4n) is 1.38. The highest BCUT2D eigenvalue weighted by atomic mass is 15.6. The van der Waals surface area contributed by atoms with Crippen molar-refractivity contribution in [3.05, 3.63) is 18.2 Å². The average molecular weight is 235 g/mol. The van der Waals surface area contributed by atoms with Crippen LogP contribution in [0.3, 0.4) is 0 Å². The predicted octanol–water partition coefficient (Wildman–Crippen LogP) is 0.284. The molecule has 2 aromatic rings. The van der Waals surface area contributed by atoms with Crippen LogP contribution < -0.4 is 5.32 Å². The molecule has 17 heavy (non-hydrogen) atoms. The second kappa shape index (κ2) is 4.25. The van der Waals surface area contributed by atoms with Crippen LogP contribution in [0.5, 0.6) is 0 Å². The molecule has 0 fully saturated rings. The van der Waals surface area contributed by atoms with Crippen molar-refractivity contribution in [1.29, 1.82) is 0 Å². The van der Waals surface area contributed by atoms with Gasteiger partial charge in [0.25, 0.3) is 0 Å². The molecule has 0 saturated carbocycles. The first-order valence-electron chi connectivity index (χ1n) is 5.47. The molecular weight excluding hydrogens is 218 g/mol. The van der Waals surface area contributed by atoms with Gasteiger partial charge in [0, 0.05) is 12.6 Å². The quantitative estimate of drug-likeness (QED) is 0.827. The van der Waals surface area contributed by atoms with Gasteiger partial charge in [-0.25, -0.2) is 0 Å². The largest absolute Gasteiger partial charge is 0.305 e. The molecule has 7 nitrogen and oxygen atoms in total. The van der Waals surface area contributed by atoms with Gasteiger partial charge >= 0.3 is 0 Å². The number of tetrazole rings is 1. The highest BCUT2D eigenvalue weighted by Crippen LogP contribution is 2.07. The summed E-state index contributed by atoms with van der Waals surface area (Å²) >= 11 is 0. The minimum absolute atomic E-state index is 0.0335. The van der Waals surface area contributed by atoms with Crippen molar-refractivity contribution in [2.24, 2.45) is 7.05 Å². The molecule has 0 saturated heterocycles. The summed E-state index contributed by atoms with van der Waals surface area (Å²) in [5.74, 6) is 0.771. The number of nitrogens with zero attached hydrogens (tertiary/aromatic N) is 6. The van der Waals surface area contributed by atoms with E-state index in [1.807, 2.05) is 13.2 Å². The van der Waals surface area contributed by atoms with Crippen LogP contribution in [0.15, 0.2) is 12.4 Å². The molecule has 2 rings (SSSR count). The van der Waals surface area contributed by atoms with E-state index in [1.165, 1.54) is 0 Å². The number of nitrogens with one attached hydrogen (secondary N) is 1. The average Bonchev–Trinajstić information content (AvgIpc) is 2.81. The summed E-state index contributed by atoms with van der Waals surface area (Å²) in [7, 11) is 1.86. The molecule has 0 amide bonds. The van der Waals surface area contributed by atoms with Crippen molar-refractivity contribution in [2.75, 3.05) is 0 Å². The third kappa shape index (κ3) is 2.88. The van der Waals surface area contributed by atoms with Crippen LogP contribution in [-0.2, 0) is 13.6 Å². The lowest BCUT2D eigenvalue weighted by Gasteiger charge is -2.19. The Morgan fingerprint density at radius 1 is 1.35 bits per heavy atom. The van der Waals surface area contributed by atoms with Crippen molar-refractivity contribution >= 4 is 0 Å². The molecule has 0 aliphatic rings. The van der Waals surface area contributed by atoms with E-state index in [-0.39, 0.29) is 5.54 Å². The molecule has 0 aliphatic carbocycles. The minimum atomic E-state index is 0.0335. The van der Waals surface area contributed by atoms with Crippen LogP contribution in [0, 0.1) is 0 Å². The summed E-state index contributed by atoms with van der Waals surface area (Å²) in [6.45, 7) is 6.92. The Hall–Kier alpha value is -1.76. The summed E-state index contributed by atoms with van der Waals surface area (Å²) in [6.07, 6.45) is 3.61. The third-order valence-electron chi connectivity index (χ3n) is 2.25. The number of aryl methyl sites for hydroxylation is 1. The standard InChI is InChI=1S/C10H17N7/c1-10(2,3)11-6-9-13-14-15-17(9)8-5-12-16(4)7-8/h5,7,11H,6H2,1-4H3. The van der Waals surface area contributed by atoms with Gasteiger partial charge < -0.3 is 5.32 Å². The Kier molecular flexibility index (Phi) is 2.93. The molecule has 0 aliphatic heterocycles. The summed E-state index contributed by atoms with van der Waals surface area (Å²) in [4.78, 5) is 0. The van der Waals surface area contributed by atoms with E-state index in [2.05, 4.69) is 46.7 Å². The number of hydrogen-bond acceptors (Lipinski definition) is 5. The van der Waals surface area contributed by atoms with E-state index in [4.69, 9.17) is 0 Å². The van der Waals surface area contributed by atoms with E-state index in [0.29, 0.717) is 6.54 Å².